The third-order valence-corrected chi connectivity index (χ3v) is 4.24. The zero-order chi connectivity index (χ0) is 14.2. The van der Waals surface area contributed by atoms with Crippen molar-refractivity contribution in [3.05, 3.63) is 64.6 Å². The molecule has 1 N–H and O–H groups in total. The van der Waals surface area contributed by atoms with Crippen LogP contribution in [0.2, 0.25) is 0 Å². The van der Waals surface area contributed by atoms with Crippen LogP contribution in [0.15, 0.2) is 57.6 Å². The first-order valence-corrected chi connectivity index (χ1v) is 7.61. The first-order valence-electron chi connectivity index (χ1n) is 6.66. The van der Waals surface area contributed by atoms with Crippen molar-refractivity contribution in [2.75, 3.05) is 5.32 Å². The summed E-state index contributed by atoms with van der Waals surface area (Å²) in [6.45, 7) is 0.777. The van der Waals surface area contributed by atoms with Crippen molar-refractivity contribution in [3.63, 3.8) is 0 Å². The smallest absolute Gasteiger partial charge is 0.135 e. The fourth-order valence-corrected chi connectivity index (χ4v) is 3.13. The number of anilines is 1. The van der Waals surface area contributed by atoms with Gasteiger partial charge in [-0.3, -0.25) is 0 Å². The predicted molar refractivity (Wildman–Crippen MR) is 85.3 cm³/mol. The van der Waals surface area contributed by atoms with Crippen LogP contribution >= 0.6 is 11.3 Å². The summed E-state index contributed by atoms with van der Waals surface area (Å²) in [7, 11) is 0. The summed E-state index contributed by atoms with van der Waals surface area (Å²) in [5, 5.41) is 9.30. The first-order chi connectivity index (χ1) is 10.3. The van der Waals surface area contributed by atoms with Crippen LogP contribution in [-0.2, 0) is 6.54 Å². The Labute approximate surface area is 124 Å². The fraction of sp³-hybridized carbons (Fsp3) is 0.0588. The molecule has 0 amide bonds. The maximum absolute atomic E-state index is 13.4. The summed E-state index contributed by atoms with van der Waals surface area (Å²) in [5.74, 6) is -0.248. The van der Waals surface area contributed by atoms with Crippen LogP contribution < -0.4 is 5.32 Å². The highest BCUT2D eigenvalue weighted by Crippen LogP contribution is 2.31. The summed E-state index contributed by atoms with van der Waals surface area (Å²) >= 11 is 1.69. The van der Waals surface area contributed by atoms with Gasteiger partial charge < -0.3 is 9.73 Å². The number of hydrogen-bond acceptors (Lipinski definition) is 3. The van der Waals surface area contributed by atoms with Gasteiger partial charge in [0.05, 0.1) is 0 Å². The molecule has 21 heavy (non-hydrogen) atoms. The number of nitrogens with one attached hydrogen (secondary N) is 1. The molecule has 0 aliphatic rings. The van der Waals surface area contributed by atoms with E-state index in [1.54, 1.807) is 17.4 Å². The third kappa shape index (κ3) is 2.28. The highest BCUT2D eigenvalue weighted by Gasteiger charge is 2.08. The molecule has 0 spiro atoms. The van der Waals surface area contributed by atoms with Gasteiger partial charge in [0.1, 0.15) is 17.0 Å². The highest BCUT2D eigenvalue weighted by atomic mass is 32.1. The van der Waals surface area contributed by atoms with Gasteiger partial charge in [-0.1, -0.05) is 0 Å². The van der Waals surface area contributed by atoms with Gasteiger partial charge in [0.25, 0.3) is 0 Å². The lowest BCUT2D eigenvalue weighted by Gasteiger charge is -2.04. The maximum atomic E-state index is 13.4. The quantitative estimate of drug-likeness (QED) is 0.548. The van der Waals surface area contributed by atoms with E-state index in [0.717, 1.165) is 28.6 Å². The van der Waals surface area contributed by atoms with Gasteiger partial charge in [-0.15, -0.1) is 0 Å². The van der Waals surface area contributed by atoms with Crippen LogP contribution in [0, 0.1) is 5.82 Å². The van der Waals surface area contributed by atoms with Gasteiger partial charge >= 0.3 is 0 Å². The second-order valence-electron chi connectivity index (χ2n) is 4.94. The van der Waals surface area contributed by atoms with Crippen LogP contribution in [0.1, 0.15) is 5.56 Å². The molecule has 4 rings (SSSR count). The van der Waals surface area contributed by atoms with E-state index in [4.69, 9.17) is 4.42 Å². The molecule has 0 radical (unpaired) electrons. The zero-order valence-electron chi connectivity index (χ0n) is 11.1. The molecule has 0 aliphatic carbocycles. The van der Waals surface area contributed by atoms with Gasteiger partial charge in [-0.2, -0.15) is 11.3 Å². The minimum atomic E-state index is -0.248. The second kappa shape index (κ2) is 4.90. The van der Waals surface area contributed by atoms with Crippen molar-refractivity contribution in [3.8, 4) is 0 Å². The summed E-state index contributed by atoms with van der Waals surface area (Å²) in [4.78, 5) is 0. The van der Waals surface area contributed by atoms with E-state index < -0.39 is 0 Å². The first kappa shape index (κ1) is 12.4. The number of thiophene rings is 1. The van der Waals surface area contributed by atoms with Crippen molar-refractivity contribution < 1.29 is 8.81 Å². The van der Waals surface area contributed by atoms with Crippen LogP contribution in [-0.4, -0.2) is 0 Å². The van der Waals surface area contributed by atoms with Crippen molar-refractivity contribution >= 4 is 39.0 Å². The minimum Gasteiger partial charge on any atom is -0.456 e. The summed E-state index contributed by atoms with van der Waals surface area (Å²) in [6, 6.07) is 12.6. The largest absolute Gasteiger partial charge is 0.456 e. The molecule has 2 aromatic heterocycles. The van der Waals surface area contributed by atoms with Crippen molar-refractivity contribution in [2.45, 2.75) is 6.54 Å². The standard InChI is InChI=1S/C17H12FNOS/c18-12-1-3-16-14(7-12)15-8-13(2-4-17(15)20-16)19-9-11-5-6-21-10-11/h1-8,10,19H,9H2. The van der Waals surface area contributed by atoms with Crippen molar-refractivity contribution in [1.29, 1.82) is 0 Å². The Kier molecular flexibility index (Phi) is 2.89. The monoisotopic (exact) mass is 297 g/mol. The molecule has 0 saturated heterocycles. The number of furan rings is 1. The molecule has 4 aromatic rings. The molecule has 4 heteroatoms. The summed E-state index contributed by atoms with van der Waals surface area (Å²) < 4.78 is 19.1. The molecule has 2 heterocycles. The topological polar surface area (TPSA) is 25.2 Å². The van der Waals surface area contributed by atoms with Gasteiger partial charge in [-0.05, 0) is 58.8 Å². The highest BCUT2D eigenvalue weighted by molar-refractivity contribution is 7.07. The van der Waals surface area contributed by atoms with Crippen LogP contribution in [0.3, 0.4) is 0 Å². The summed E-state index contributed by atoms with van der Waals surface area (Å²) in [6.07, 6.45) is 0. The molecule has 0 unspecified atom stereocenters. The number of hydrogen-bond donors (Lipinski definition) is 1. The minimum absolute atomic E-state index is 0.248. The molecule has 0 saturated carbocycles. The predicted octanol–water partition coefficient (Wildman–Crippen LogP) is 5.40. The molecular formula is C17H12FNOS. The van der Waals surface area contributed by atoms with Crippen molar-refractivity contribution in [1.82, 2.24) is 0 Å². The van der Waals surface area contributed by atoms with Crippen LogP contribution in [0.4, 0.5) is 10.1 Å². The zero-order valence-corrected chi connectivity index (χ0v) is 11.9. The molecule has 2 aromatic carbocycles. The van der Waals surface area contributed by atoms with E-state index in [0.29, 0.717) is 5.58 Å². The Hall–Kier alpha value is -2.33. The molecule has 2 nitrogen and oxygen atoms in total. The van der Waals surface area contributed by atoms with E-state index in [1.807, 2.05) is 18.2 Å². The number of rotatable bonds is 3. The summed E-state index contributed by atoms with van der Waals surface area (Å²) in [5.41, 5.74) is 3.74. The van der Waals surface area contributed by atoms with E-state index in [-0.39, 0.29) is 5.82 Å². The lowest BCUT2D eigenvalue weighted by Crippen LogP contribution is -1.97. The Morgan fingerprint density at radius 3 is 2.62 bits per heavy atom. The SMILES string of the molecule is Fc1ccc2oc3ccc(NCc4ccsc4)cc3c2c1. The van der Waals surface area contributed by atoms with E-state index in [1.165, 1.54) is 17.7 Å². The number of fused-ring (bicyclic) bond motifs is 3. The van der Waals surface area contributed by atoms with E-state index in [9.17, 15) is 4.39 Å². The van der Waals surface area contributed by atoms with Gasteiger partial charge in [0, 0.05) is 23.0 Å². The van der Waals surface area contributed by atoms with Gasteiger partial charge in [0.15, 0.2) is 0 Å². The molecule has 0 bridgehead atoms. The Morgan fingerprint density at radius 1 is 1.00 bits per heavy atom. The van der Waals surface area contributed by atoms with Crippen LogP contribution in [0.25, 0.3) is 21.9 Å². The Morgan fingerprint density at radius 2 is 1.81 bits per heavy atom. The molecule has 0 aliphatic heterocycles. The second-order valence-corrected chi connectivity index (χ2v) is 5.72. The lowest BCUT2D eigenvalue weighted by molar-refractivity contribution is 0.626. The normalized spacial score (nSPS) is 11.3. The molecule has 104 valence electrons. The van der Waals surface area contributed by atoms with Crippen LogP contribution in [0.5, 0.6) is 0 Å². The van der Waals surface area contributed by atoms with Gasteiger partial charge in [0.2, 0.25) is 0 Å². The van der Waals surface area contributed by atoms with Crippen molar-refractivity contribution in [2.24, 2.45) is 0 Å². The maximum Gasteiger partial charge on any atom is 0.135 e. The average molecular weight is 297 g/mol. The molecular weight excluding hydrogens is 285 g/mol. The van der Waals surface area contributed by atoms with E-state index >= 15 is 0 Å². The average Bonchev–Trinajstić information content (AvgIpc) is 3.12. The third-order valence-electron chi connectivity index (χ3n) is 3.51. The molecule has 0 atom stereocenters. The fourth-order valence-electron chi connectivity index (χ4n) is 2.46. The number of halogens is 1. The molecule has 0 fully saturated rings. The Balaban J connectivity index is 1.74. The van der Waals surface area contributed by atoms with E-state index in [2.05, 4.69) is 22.1 Å². The Bertz CT molecular complexity index is 911. The lowest BCUT2D eigenvalue weighted by atomic mass is 10.1. The van der Waals surface area contributed by atoms with Gasteiger partial charge in [-0.25, -0.2) is 4.39 Å². The number of benzene rings is 2.